The second kappa shape index (κ2) is 5.57. The van der Waals surface area contributed by atoms with Crippen LogP contribution in [-0.2, 0) is 19.2 Å². The van der Waals surface area contributed by atoms with Crippen LogP contribution in [0.2, 0.25) is 0 Å². The fourth-order valence-corrected chi connectivity index (χ4v) is 2.25. The number of nitrogens with zero attached hydrogens (tertiary/aromatic N) is 2. The van der Waals surface area contributed by atoms with Crippen molar-refractivity contribution in [3.63, 3.8) is 0 Å². The molecule has 0 radical (unpaired) electrons. The van der Waals surface area contributed by atoms with Crippen molar-refractivity contribution in [1.82, 2.24) is 9.96 Å². The van der Waals surface area contributed by atoms with Crippen molar-refractivity contribution in [2.24, 2.45) is 0 Å². The molecule has 3 rings (SSSR count). The highest BCUT2D eigenvalue weighted by molar-refractivity contribution is 6.20. The first-order valence-corrected chi connectivity index (χ1v) is 6.62. The van der Waals surface area contributed by atoms with Gasteiger partial charge in [0.25, 0.3) is 11.8 Å². The first-order chi connectivity index (χ1) is 10.6. The van der Waals surface area contributed by atoms with E-state index in [9.17, 15) is 19.2 Å². The zero-order valence-electron chi connectivity index (χ0n) is 11.5. The van der Waals surface area contributed by atoms with Crippen molar-refractivity contribution in [3.8, 4) is 0 Å². The van der Waals surface area contributed by atoms with Crippen molar-refractivity contribution in [1.29, 1.82) is 0 Å². The molecule has 0 N–H and O–H groups in total. The second-order valence-electron chi connectivity index (χ2n) is 4.78. The average Bonchev–Trinajstić information content (AvgIpc) is 2.75. The van der Waals surface area contributed by atoms with E-state index in [-0.39, 0.29) is 36.7 Å². The van der Waals surface area contributed by atoms with Gasteiger partial charge in [0, 0.05) is 6.54 Å². The largest absolute Gasteiger partial charge is 0.370 e. The second-order valence-corrected chi connectivity index (χ2v) is 4.78. The lowest BCUT2D eigenvalue weighted by Crippen LogP contribution is -2.46. The van der Waals surface area contributed by atoms with Gasteiger partial charge in [-0.3, -0.25) is 14.4 Å². The van der Waals surface area contributed by atoms with Crippen LogP contribution in [0.5, 0.6) is 0 Å². The maximum atomic E-state index is 12.0. The third-order valence-corrected chi connectivity index (χ3v) is 3.35. The van der Waals surface area contributed by atoms with Crippen molar-refractivity contribution in [2.45, 2.75) is 0 Å². The van der Waals surface area contributed by atoms with Gasteiger partial charge in [0.2, 0.25) is 5.91 Å². The molecule has 0 saturated carbocycles. The maximum absolute atomic E-state index is 12.0. The summed E-state index contributed by atoms with van der Waals surface area (Å²) in [7, 11) is 0. The van der Waals surface area contributed by atoms with Crippen molar-refractivity contribution in [2.75, 3.05) is 26.3 Å². The zero-order chi connectivity index (χ0) is 15.7. The molecule has 2 aliphatic heterocycles. The number of hydrogen-bond donors (Lipinski definition) is 0. The van der Waals surface area contributed by atoms with Gasteiger partial charge in [-0.2, -0.15) is 0 Å². The van der Waals surface area contributed by atoms with Gasteiger partial charge >= 0.3 is 5.97 Å². The molecule has 1 fully saturated rings. The Morgan fingerprint density at radius 1 is 1.14 bits per heavy atom. The molecule has 114 valence electrons. The Morgan fingerprint density at radius 3 is 2.36 bits per heavy atom. The topological polar surface area (TPSA) is 93.2 Å². The lowest BCUT2D eigenvalue weighted by molar-refractivity contribution is -0.173. The molecule has 2 heterocycles. The maximum Gasteiger partial charge on any atom is 0.352 e. The Bertz CT molecular complexity index is 636. The summed E-state index contributed by atoms with van der Waals surface area (Å²) in [5.74, 6) is -2.58. The Labute approximate surface area is 125 Å². The van der Waals surface area contributed by atoms with Gasteiger partial charge in [0.05, 0.1) is 17.7 Å². The third-order valence-electron chi connectivity index (χ3n) is 3.35. The van der Waals surface area contributed by atoms with Crippen molar-refractivity contribution >= 4 is 23.7 Å². The molecule has 1 saturated heterocycles. The van der Waals surface area contributed by atoms with Crippen LogP contribution in [-0.4, -0.2) is 60.0 Å². The zero-order valence-corrected chi connectivity index (χ0v) is 11.5. The molecule has 3 amide bonds. The average molecular weight is 304 g/mol. The summed E-state index contributed by atoms with van der Waals surface area (Å²) in [6.07, 6.45) is 0. The van der Waals surface area contributed by atoms with Crippen molar-refractivity contribution in [3.05, 3.63) is 35.4 Å². The van der Waals surface area contributed by atoms with Crippen LogP contribution in [0.3, 0.4) is 0 Å². The highest BCUT2D eigenvalue weighted by atomic mass is 16.7. The Hall–Kier alpha value is -2.74. The van der Waals surface area contributed by atoms with Gasteiger partial charge in [-0.05, 0) is 12.1 Å². The van der Waals surface area contributed by atoms with Gasteiger partial charge in [-0.1, -0.05) is 17.2 Å². The molecule has 0 spiro atoms. The normalized spacial score (nSPS) is 17.7. The third kappa shape index (κ3) is 2.44. The number of hydroxylamine groups is 2. The van der Waals surface area contributed by atoms with Gasteiger partial charge in [0.15, 0.2) is 0 Å². The van der Waals surface area contributed by atoms with E-state index in [1.54, 1.807) is 12.1 Å². The van der Waals surface area contributed by atoms with Crippen LogP contribution in [0.1, 0.15) is 20.7 Å². The molecule has 0 atom stereocenters. The molecule has 2 aliphatic rings. The number of rotatable bonds is 3. The summed E-state index contributed by atoms with van der Waals surface area (Å²) < 4.78 is 4.94. The Kier molecular flexibility index (Phi) is 3.60. The van der Waals surface area contributed by atoms with Crippen LogP contribution in [0.4, 0.5) is 0 Å². The number of amides is 3. The van der Waals surface area contributed by atoms with Gasteiger partial charge < -0.3 is 14.5 Å². The summed E-state index contributed by atoms with van der Waals surface area (Å²) in [5, 5.41) is 0.428. The van der Waals surface area contributed by atoms with Crippen molar-refractivity contribution < 1.29 is 28.8 Å². The van der Waals surface area contributed by atoms with E-state index in [2.05, 4.69) is 0 Å². The molecule has 1 aromatic carbocycles. The smallest absolute Gasteiger partial charge is 0.352 e. The fraction of sp³-hybridized carbons (Fsp3) is 0.286. The number of ether oxygens (including phenoxy) is 1. The Balaban J connectivity index is 1.67. The fourth-order valence-electron chi connectivity index (χ4n) is 2.25. The first kappa shape index (κ1) is 14.2. The van der Waals surface area contributed by atoms with Gasteiger partial charge in [-0.25, -0.2) is 4.79 Å². The summed E-state index contributed by atoms with van der Waals surface area (Å²) in [4.78, 5) is 53.5. The highest BCUT2D eigenvalue weighted by Crippen LogP contribution is 2.22. The first-order valence-electron chi connectivity index (χ1n) is 6.62. The number of carbonyl (C=O) groups excluding carboxylic acids is 4. The minimum absolute atomic E-state index is 0.0969. The molecule has 1 aromatic rings. The van der Waals surface area contributed by atoms with Crippen LogP contribution in [0.15, 0.2) is 24.3 Å². The lowest BCUT2D eigenvalue weighted by Gasteiger charge is -2.26. The van der Waals surface area contributed by atoms with Crippen LogP contribution >= 0.6 is 0 Å². The van der Waals surface area contributed by atoms with Crippen LogP contribution in [0, 0.1) is 0 Å². The van der Waals surface area contributed by atoms with E-state index in [4.69, 9.17) is 9.57 Å². The predicted octanol–water partition coefficient (Wildman–Crippen LogP) is -0.400. The Morgan fingerprint density at radius 2 is 1.77 bits per heavy atom. The molecule has 8 heteroatoms. The van der Waals surface area contributed by atoms with Gasteiger partial charge in [-0.15, -0.1) is 0 Å². The lowest BCUT2D eigenvalue weighted by atomic mass is 10.1. The predicted molar refractivity (Wildman–Crippen MR) is 70.4 cm³/mol. The monoisotopic (exact) mass is 304 g/mol. The number of carbonyl (C=O) groups is 4. The van der Waals surface area contributed by atoms with E-state index < -0.39 is 17.8 Å². The van der Waals surface area contributed by atoms with Crippen LogP contribution < -0.4 is 0 Å². The van der Waals surface area contributed by atoms with E-state index in [0.717, 1.165) is 0 Å². The van der Waals surface area contributed by atoms with Gasteiger partial charge in [0.1, 0.15) is 13.2 Å². The molecule has 0 aromatic heterocycles. The quantitative estimate of drug-likeness (QED) is 0.705. The highest BCUT2D eigenvalue weighted by Gasteiger charge is 2.39. The SMILES string of the molecule is O=C(CN1CCOCC1=O)ON1C(=O)c2ccccc2C1=O. The molecular weight excluding hydrogens is 292 g/mol. The number of morpholine rings is 1. The molecule has 0 bridgehead atoms. The summed E-state index contributed by atoms with van der Waals surface area (Å²) in [6, 6.07) is 6.19. The number of fused-ring (bicyclic) bond motifs is 1. The molecule has 0 unspecified atom stereocenters. The summed E-state index contributed by atoms with van der Waals surface area (Å²) in [5.41, 5.74) is 0.366. The van der Waals surface area contributed by atoms with E-state index >= 15 is 0 Å². The number of benzene rings is 1. The molecular formula is C14H12N2O6. The van der Waals surface area contributed by atoms with E-state index in [0.29, 0.717) is 11.7 Å². The van der Waals surface area contributed by atoms with E-state index in [1.807, 2.05) is 0 Å². The van der Waals surface area contributed by atoms with E-state index in [1.165, 1.54) is 17.0 Å². The minimum Gasteiger partial charge on any atom is -0.370 e. The van der Waals surface area contributed by atoms with Crippen LogP contribution in [0.25, 0.3) is 0 Å². The molecule has 22 heavy (non-hydrogen) atoms. The minimum atomic E-state index is -0.857. The standard InChI is InChI=1S/C14H12N2O6/c17-11-8-21-6-5-15(11)7-12(18)22-16-13(19)9-3-1-2-4-10(9)14(16)20/h1-4H,5-8H2. The summed E-state index contributed by atoms with van der Waals surface area (Å²) in [6.45, 7) is 0.151. The summed E-state index contributed by atoms with van der Waals surface area (Å²) >= 11 is 0. The number of imide groups is 1. The molecule has 8 nitrogen and oxygen atoms in total. The molecule has 0 aliphatic carbocycles. The number of hydrogen-bond acceptors (Lipinski definition) is 6.